The van der Waals surface area contributed by atoms with Crippen molar-refractivity contribution in [3.8, 4) is 0 Å². The predicted molar refractivity (Wildman–Crippen MR) is 65.8 cm³/mol. The first-order chi connectivity index (χ1) is 8.09. The minimum atomic E-state index is 0.0105. The highest BCUT2D eigenvalue weighted by atomic mass is 16.5. The summed E-state index contributed by atoms with van der Waals surface area (Å²) in [5.41, 5.74) is 0.0105. The zero-order valence-electron chi connectivity index (χ0n) is 10.8. The highest BCUT2D eigenvalue weighted by Gasteiger charge is 2.30. The molecular formula is C12H23N3O2. The molecule has 2 aliphatic heterocycles. The topological polar surface area (TPSA) is 53.6 Å². The van der Waals surface area contributed by atoms with Gasteiger partial charge in [-0.2, -0.15) is 0 Å². The smallest absolute Gasteiger partial charge is 0.225 e. The third-order valence-corrected chi connectivity index (χ3v) is 3.71. The third kappa shape index (κ3) is 3.18. The van der Waals surface area contributed by atoms with Crippen LogP contribution in [0.1, 0.15) is 13.8 Å². The lowest BCUT2D eigenvalue weighted by atomic mass is 9.99. The van der Waals surface area contributed by atoms with Crippen molar-refractivity contribution in [1.29, 1.82) is 0 Å². The van der Waals surface area contributed by atoms with Gasteiger partial charge >= 0.3 is 0 Å². The van der Waals surface area contributed by atoms with Gasteiger partial charge in [-0.15, -0.1) is 0 Å². The van der Waals surface area contributed by atoms with Crippen LogP contribution in [0.15, 0.2) is 0 Å². The zero-order chi connectivity index (χ0) is 12.3. The fourth-order valence-electron chi connectivity index (χ4n) is 2.20. The summed E-state index contributed by atoms with van der Waals surface area (Å²) in [6, 6.07) is 0. The molecule has 0 aromatic carbocycles. The Kier molecular flexibility index (Phi) is 4.01. The monoisotopic (exact) mass is 241 g/mol. The van der Waals surface area contributed by atoms with Crippen molar-refractivity contribution in [3.63, 3.8) is 0 Å². The molecule has 0 radical (unpaired) electrons. The minimum Gasteiger partial charge on any atom is -0.379 e. The van der Waals surface area contributed by atoms with Crippen LogP contribution in [0.5, 0.6) is 0 Å². The average molecular weight is 241 g/mol. The van der Waals surface area contributed by atoms with Crippen LogP contribution in [0, 0.1) is 5.92 Å². The molecule has 5 heteroatoms. The number of carbonyl (C=O) groups excluding carboxylic acids is 1. The second-order valence-electron chi connectivity index (χ2n) is 5.48. The Morgan fingerprint density at radius 2 is 2.06 bits per heavy atom. The molecule has 0 aromatic rings. The molecule has 2 aliphatic rings. The van der Waals surface area contributed by atoms with Gasteiger partial charge in [0.25, 0.3) is 0 Å². The summed E-state index contributed by atoms with van der Waals surface area (Å²) < 4.78 is 5.35. The standard InChI is InChI=1S/C12H23N3O2/c1-12(2,15-3-5-17-6-4-15)9-14-11(16)10-7-13-8-10/h10,13H,3-9H2,1-2H3,(H,14,16). The van der Waals surface area contributed by atoms with E-state index >= 15 is 0 Å². The predicted octanol–water partition coefficient (Wildman–Crippen LogP) is -0.567. The van der Waals surface area contributed by atoms with Crippen molar-refractivity contribution in [3.05, 3.63) is 0 Å². The van der Waals surface area contributed by atoms with E-state index in [1.165, 1.54) is 0 Å². The Hall–Kier alpha value is -0.650. The summed E-state index contributed by atoms with van der Waals surface area (Å²) in [6.45, 7) is 10.2. The fourth-order valence-corrected chi connectivity index (χ4v) is 2.20. The van der Waals surface area contributed by atoms with Crippen LogP contribution < -0.4 is 10.6 Å². The van der Waals surface area contributed by atoms with E-state index in [4.69, 9.17) is 4.74 Å². The number of hydrogen-bond donors (Lipinski definition) is 2. The molecule has 98 valence electrons. The second kappa shape index (κ2) is 5.33. The van der Waals surface area contributed by atoms with Gasteiger partial charge in [0.05, 0.1) is 19.1 Å². The van der Waals surface area contributed by atoms with Crippen LogP contribution >= 0.6 is 0 Å². The third-order valence-electron chi connectivity index (χ3n) is 3.71. The number of nitrogens with one attached hydrogen (secondary N) is 2. The van der Waals surface area contributed by atoms with Gasteiger partial charge in [0.1, 0.15) is 0 Å². The average Bonchev–Trinajstić information content (AvgIpc) is 2.25. The van der Waals surface area contributed by atoms with Gasteiger partial charge in [0.2, 0.25) is 5.91 Å². The van der Waals surface area contributed by atoms with Crippen LogP contribution in [0.2, 0.25) is 0 Å². The van der Waals surface area contributed by atoms with E-state index < -0.39 is 0 Å². The van der Waals surface area contributed by atoms with Crippen LogP contribution in [0.3, 0.4) is 0 Å². The number of nitrogens with zero attached hydrogens (tertiary/aromatic N) is 1. The van der Waals surface area contributed by atoms with Crippen LogP contribution in [0.25, 0.3) is 0 Å². The number of carbonyl (C=O) groups is 1. The van der Waals surface area contributed by atoms with Gasteiger partial charge in [-0.25, -0.2) is 0 Å². The van der Waals surface area contributed by atoms with Gasteiger partial charge in [-0.1, -0.05) is 0 Å². The lowest BCUT2D eigenvalue weighted by Crippen LogP contribution is -2.58. The molecule has 5 nitrogen and oxygen atoms in total. The highest BCUT2D eigenvalue weighted by molar-refractivity contribution is 5.80. The molecule has 0 aromatic heterocycles. The molecule has 0 bridgehead atoms. The number of ether oxygens (including phenoxy) is 1. The number of amides is 1. The number of morpholine rings is 1. The summed E-state index contributed by atoms with van der Waals surface area (Å²) >= 11 is 0. The van der Waals surface area contributed by atoms with Gasteiger partial charge < -0.3 is 15.4 Å². The molecule has 2 fully saturated rings. The molecule has 2 saturated heterocycles. The van der Waals surface area contributed by atoms with Crippen LogP contribution in [-0.4, -0.2) is 62.3 Å². The maximum Gasteiger partial charge on any atom is 0.225 e. The van der Waals surface area contributed by atoms with Crippen molar-refractivity contribution in [2.24, 2.45) is 5.92 Å². The Balaban J connectivity index is 1.77. The van der Waals surface area contributed by atoms with Crippen LogP contribution in [-0.2, 0) is 9.53 Å². The van der Waals surface area contributed by atoms with E-state index in [1.807, 2.05) is 0 Å². The molecule has 0 spiro atoms. The molecule has 17 heavy (non-hydrogen) atoms. The molecule has 0 saturated carbocycles. The first kappa shape index (κ1) is 12.8. The summed E-state index contributed by atoms with van der Waals surface area (Å²) in [5.74, 6) is 0.362. The maximum absolute atomic E-state index is 11.8. The first-order valence-corrected chi connectivity index (χ1v) is 6.41. The molecule has 2 N–H and O–H groups in total. The zero-order valence-corrected chi connectivity index (χ0v) is 10.8. The molecule has 2 rings (SSSR count). The van der Waals surface area contributed by atoms with Gasteiger partial charge in [-0.3, -0.25) is 9.69 Å². The normalized spacial score (nSPS) is 23.2. The molecular weight excluding hydrogens is 218 g/mol. The van der Waals surface area contributed by atoms with E-state index in [9.17, 15) is 4.79 Å². The van der Waals surface area contributed by atoms with Crippen molar-refractivity contribution >= 4 is 5.91 Å². The van der Waals surface area contributed by atoms with E-state index in [2.05, 4.69) is 29.4 Å². The van der Waals surface area contributed by atoms with Crippen molar-refractivity contribution in [2.75, 3.05) is 45.9 Å². The Bertz CT molecular complexity index is 271. The SMILES string of the molecule is CC(C)(CNC(=O)C1CNC1)N1CCOCC1. The van der Waals surface area contributed by atoms with E-state index in [-0.39, 0.29) is 17.4 Å². The maximum atomic E-state index is 11.8. The number of rotatable bonds is 4. The summed E-state index contributed by atoms with van der Waals surface area (Å²) in [7, 11) is 0. The summed E-state index contributed by atoms with van der Waals surface area (Å²) in [6.07, 6.45) is 0. The lowest BCUT2D eigenvalue weighted by Gasteiger charge is -2.41. The Labute approximate surface area is 103 Å². The van der Waals surface area contributed by atoms with Crippen LogP contribution in [0.4, 0.5) is 0 Å². The van der Waals surface area contributed by atoms with Gasteiger partial charge in [0, 0.05) is 38.3 Å². The second-order valence-corrected chi connectivity index (χ2v) is 5.48. The largest absolute Gasteiger partial charge is 0.379 e. The Morgan fingerprint density at radius 1 is 1.41 bits per heavy atom. The lowest BCUT2D eigenvalue weighted by molar-refractivity contribution is -0.127. The molecule has 1 amide bonds. The van der Waals surface area contributed by atoms with E-state index in [0.29, 0.717) is 6.54 Å². The molecule has 0 unspecified atom stereocenters. The van der Waals surface area contributed by atoms with Crippen molar-refractivity contribution < 1.29 is 9.53 Å². The van der Waals surface area contributed by atoms with Crippen molar-refractivity contribution in [2.45, 2.75) is 19.4 Å². The fraction of sp³-hybridized carbons (Fsp3) is 0.917. The molecule has 0 atom stereocenters. The molecule has 0 aliphatic carbocycles. The van der Waals surface area contributed by atoms with Gasteiger partial charge in [-0.05, 0) is 13.8 Å². The number of hydrogen-bond acceptors (Lipinski definition) is 4. The van der Waals surface area contributed by atoms with Gasteiger partial charge in [0.15, 0.2) is 0 Å². The van der Waals surface area contributed by atoms with E-state index in [0.717, 1.165) is 39.4 Å². The quantitative estimate of drug-likeness (QED) is 0.692. The first-order valence-electron chi connectivity index (χ1n) is 6.41. The van der Waals surface area contributed by atoms with E-state index in [1.54, 1.807) is 0 Å². The highest BCUT2D eigenvalue weighted by Crippen LogP contribution is 2.15. The molecule has 2 heterocycles. The summed E-state index contributed by atoms with van der Waals surface area (Å²) in [4.78, 5) is 14.1. The van der Waals surface area contributed by atoms with Crippen molar-refractivity contribution in [1.82, 2.24) is 15.5 Å². The minimum absolute atomic E-state index is 0.0105. The summed E-state index contributed by atoms with van der Waals surface area (Å²) in [5, 5.41) is 6.18. The Morgan fingerprint density at radius 3 is 2.59 bits per heavy atom.